The van der Waals surface area contributed by atoms with Crippen LogP contribution in [0, 0.1) is 0 Å². The van der Waals surface area contributed by atoms with Gasteiger partial charge >= 0.3 is 0 Å². The number of hydrogen-bond acceptors (Lipinski definition) is 6. The molecule has 66 heavy (non-hydrogen) atoms. The van der Waals surface area contributed by atoms with Gasteiger partial charge in [-0.05, 0) is 80.4 Å². The molecule has 6 nitrogen and oxygen atoms in total. The van der Waals surface area contributed by atoms with Crippen molar-refractivity contribution in [2.75, 3.05) is 0 Å². The monoisotopic (exact) mass is 846 g/mol. The highest BCUT2D eigenvalue weighted by Gasteiger charge is 2.21. The van der Waals surface area contributed by atoms with Crippen molar-refractivity contribution in [2.24, 2.45) is 9.98 Å². The number of amidine groups is 2. The zero-order chi connectivity index (χ0) is 44.1. The summed E-state index contributed by atoms with van der Waals surface area (Å²) in [5, 5.41) is 3.62. The Labute approximate surface area is 384 Å². The van der Waals surface area contributed by atoms with Gasteiger partial charge in [-0.25, -0.2) is 24.9 Å². The number of rotatable bonds is 10. The zero-order valence-electron chi connectivity index (χ0n) is 35.9. The molecule has 312 valence electrons. The van der Waals surface area contributed by atoms with Crippen LogP contribution in [0.4, 0.5) is 0 Å². The van der Waals surface area contributed by atoms with Gasteiger partial charge in [-0.1, -0.05) is 212 Å². The van der Waals surface area contributed by atoms with Gasteiger partial charge in [0.05, 0.1) is 0 Å². The number of nitrogens with one attached hydrogen (secondary N) is 1. The molecule has 1 N–H and O–H groups in total. The molecule has 0 amide bonds. The largest absolute Gasteiger partial charge is 0.344 e. The van der Waals surface area contributed by atoms with Gasteiger partial charge in [-0.3, -0.25) is 0 Å². The summed E-state index contributed by atoms with van der Waals surface area (Å²) in [6.07, 6.45) is -0.265. The molecular weight excluding hydrogens is 805 g/mol. The maximum Gasteiger partial charge on any atom is 0.164 e. The van der Waals surface area contributed by atoms with E-state index in [0.29, 0.717) is 23.3 Å². The third-order valence-corrected chi connectivity index (χ3v) is 11.8. The van der Waals surface area contributed by atoms with E-state index >= 15 is 0 Å². The number of nitrogens with zero attached hydrogens (tertiary/aromatic N) is 5. The lowest BCUT2D eigenvalue weighted by Gasteiger charge is -2.24. The fraction of sp³-hybridized carbons (Fsp3) is 0.0167. The Kier molecular flexibility index (Phi) is 10.9. The molecule has 1 atom stereocenters. The minimum Gasteiger partial charge on any atom is -0.344 e. The van der Waals surface area contributed by atoms with E-state index in [4.69, 9.17) is 24.9 Å². The van der Waals surface area contributed by atoms with E-state index in [-0.39, 0.29) is 6.17 Å². The predicted octanol–water partition coefficient (Wildman–Crippen LogP) is 14.0. The van der Waals surface area contributed by atoms with Gasteiger partial charge in [-0.2, -0.15) is 0 Å². The van der Waals surface area contributed by atoms with Crippen LogP contribution >= 0.6 is 0 Å². The first-order valence-electron chi connectivity index (χ1n) is 22.1. The van der Waals surface area contributed by atoms with Gasteiger partial charge in [0.25, 0.3) is 0 Å². The molecule has 11 rings (SSSR count). The molecule has 10 aromatic rings. The van der Waals surface area contributed by atoms with E-state index in [1.165, 1.54) is 0 Å². The summed E-state index contributed by atoms with van der Waals surface area (Å²) in [5.74, 6) is 3.36. The molecule has 0 fully saturated rings. The normalized spacial score (nSPS) is 13.3. The van der Waals surface area contributed by atoms with Gasteiger partial charge in [-0.15, -0.1) is 0 Å². The van der Waals surface area contributed by atoms with Crippen LogP contribution in [0.25, 0.3) is 78.7 Å². The van der Waals surface area contributed by atoms with Gasteiger partial charge in [0, 0.05) is 27.8 Å². The first-order valence-corrected chi connectivity index (χ1v) is 22.1. The van der Waals surface area contributed by atoms with Crippen molar-refractivity contribution in [1.29, 1.82) is 0 Å². The lowest BCUT2D eigenvalue weighted by Crippen LogP contribution is -2.33. The third kappa shape index (κ3) is 8.59. The molecule has 0 aliphatic carbocycles. The summed E-state index contributed by atoms with van der Waals surface area (Å²) in [6.45, 7) is 0. The average Bonchev–Trinajstić information content (AvgIpc) is 3.42. The Morgan fingerprint density at radius 2 is 0.591 bits per heavy atom. The van der Waals surface area contributed by atoms with E-state index < -0.39 is 0 Å². The second-order valence-electron chi connectivity index (χ2n) is 16.2. The number of aliphatic imine (C=N–C) groups is 2. The van der Waals surface area contributed by atoms with Crippen molar-refractivity contribution in [3.63, 3.8) is 0 Å². The van der Waals surface area contributed by atoms with Crippen LogP contribution in [0.1, 0.15) is 22.9 Å². The molecule has 1 aliphatic heterocycles. The van der Waals surface area contributed by atoms with Crippen LogP contribution in [0.2, 0.25) is 0 Å². The summed E-state index contributed by atoms with van der Waals surface area (Å²) in [7, 11) is 0. The molecule has 2 heterocycles. The summed E-state index contributed by atoms with van der Waals surface area (Å²) >= 11 is 0. The highest BCUT2D eigenvalue weighted by atomic mass is 15.2. The Balaban J connectivity index is 0.902. The highest BCUT2D eigenvalue weighted by molar-refractivity contribution is 6.13. The second kappa shape index (κ2) is 18.1. The van der Waals surface area contributed by atoms with Crippen molar-refractivity contribution in [1.82, 2.24) is 20.3 Å². The second-order valence-corrected chi connectivity index (χ2v) is 16.2. The van der Waals surface area contributed by atoms with Gasteiger partial charge in [0.1, 0.15) is 12.0 Å². The quantitative estimate of drug-likeness (QED) is 0.149. The third-order valence-electron chi connectivity index (χ3n) is 11.8. The molecule has 0 saturated heterocycles. The molecule has 0 saturated carbocycles. The molecule has 1 unspecified atom stereocenters. The van der Waals surface area contributed by atoms with Crippen LogP contribution in [0.15, 0.2) is 253 Å². The van der Waals surface area contributed by atoms with Crippen molar-refractivity contribution < 1.29 is 0 Å². The summed E-state index contributed by atoms with van der Waals surface area (Å²) in [4.78, 5) is 25.2. The highest BCUT2D eigenvalue weighted by Crippen LogP contribution is 2.34. The number of hydrogen-bond donors (Lipinski definition) is 1. The molecule has 6 heteroatoms. The number of benzene rings is 9. The fourth-order valence-corrected chi connectivity index (χ4v) is 8.38. The van der Waals surface area contributed by atoms with Crippen LogP contribution in [-0.4, -0.2) is 26.6 Å². The Morgan fingerprint density at radius 3 is 1.06 bits per heavy atom. The maximum atomic E-state index is 5.10. The summed E-state index contributed by atoms with van der Waals surface area (Å²) in [6, 6.07) is 83.9. The minimum absolute atomic E-state index is 0.265. The zero-order valence-corrected chi connectivity index (χ0v) is 35.9. The summed E-state index contributed by atoms with van der Waals surface area (Å²) < 4.78 is 0. The van der Waals surface area contributed by atoms with Gasteiger partial charge in [0.15, 0.2) is 23.3 Å². The fourth-order valence-electron chi connectivity index (χ4n) is 8.38. The van der Waals surface area contributed by atoms with Crippen LogP contribution in [0.3, 0.4) is 0 Å². The topological polar surface area (TPSA) is 75.4 Å². The van der Waals surface area contributed by atoms with E-state index in [1.54, 1.807) is 0 Å². The SMILES string of the molecule is c1ccc(C2=NC(c3ccccc3)NC(c3cccc(-c4cccc(-c5cccc(-c6cccc(-c7nc(-c8ccccc8)nc(-c8cccc(-c9ccccc9)c8)n7)c6)c5)c4)c3)=N2)cc1. The average molecular weight is 847 g/mol. The van der Waals surface area contributed by atoms with Crippen molar-refractivity contribution in [2.45, 2.75) is 6.17 Å². The lowest BCUT2D eigenvalue weighted by molar-refractivity contribution is 0.674. The molecule has 1 aliphatic rings. The van der Waals surface area contributed by atoms with Crippen molar-refractivity contribution >= 4 is 11.7 Å². The first kappa shape index (κ1) is 39.9. The Bertz CT molecular complexity index is 3390. The molecular formula is C60H42N6. The van der Waals surface area contributed by atoms with E-state index in [0.717, 1.165) is 83.7 Å². The van der Waals surface area contributed by atoms with E-state index in [2.05, 4.69) is 175 Å². The van der Waals surface area contributed by atoms with Crippen LogP contribution < -0.4 is 5.32 Å². The van der Waals surface area contributed by atoms with E-state index in [9.17, 15) is 0 Å². The Hall–Kier alpha value is -8.87. The van der Waals surface area contributed by atoms with Crippen molar-refractivity contribution in [3.8, 4) is 78.7 Å². The van der Waals surface area contributed by atoms with Crippen LogP contribution in [0.5, 0.6) is 0 Å². The molecule has 1 aromatic heterocycles. The van der Waals surface area contributed by atoms with Crippen molar-refractivity contribution in [3.05, 3.63) is 259 Å². The molecule has 9 aromatic carbocycles. The van der Waals surface area contributed by atoms with Gasteiger partial charge < -0.3 is 5.32 Å². The van der Waals surface area contributed by atoms with E-state index in [1.807, 2.05) is 72.8 Å². The van der Waals surface area contributed by atoms with Gasteiger partial charge in [0.2, 0.25) is 0 Å². The lowest BCUT2D eigenvalue weighted by atomic mass is 9.95. The standard InChI is InChI=1S/C60H42N6/c1-5-18-41(19-6-1)45-26-15-33-52(38-45)59-64-57(44-24-11-4-12-25-44)65-60(66-59)54-35-17-32-51(40-54)49-30-14-28-47(37-49)46-27-13-29-48(36-46)50-31-16-34-53(39-50)58-62-55(42-20-7-2-8-21-42)61-56(63-58)43-22-9-3-10-23-43/h1-40,55H,(H,61,62,63). The summed E-state index contributed by atoms with van der Waals surface area (Å²) in [5.41, 5.74) is 14.7. The minimum atomic E-state index is -0.265. The number of aromatic nitrogens is 3. The molecule has 0 spiro atoms. The Morgan fingerprint density at radius 1 is 0.273 bits per heavy atom. The first-order chi connectivity index (χ1) is 32.7. The molecule has 0 bridgehead atoms. The smallest absolute Gasteiger partial charge is 0.164 e. The maximum absolute atomic E-state index is 5.10. The predicted molar refractivity (Wildman–Crippen MR) is 270 cm³/mol. The molecule has 0 radical (unpaired) electrons. The van der Waals surface area contributed by atoms with Crippen LogP contribution in [-0.2, 0) is 0 Å².